The normalized spacial score (nSPS) is 11.4. The third-order valence-corrected chi connectivity index (χ3v) is 5.72. The Kier molecular flexibility index (Phi) is 3.96. The molecule has 2 aromatic heterocycles. The third-order valence-electron chi connectivity index (χ3n) is 5.72. The van der Waals surface area contributed by atoms with E-state index < -0.39 is 0 Å². The topological polar surface area (TPSA) is 73.0 Å². The van der Waals surface area contributed by atoms with E-state index in [4.69, 9.17) is 0 Å². The van der Waals surface area contributed by atoms with Crippen LogP contribution in [-0.4, -0.2) is 14.6 Å². The van der Waals surface area contributed by atoms with Gasteiger partial charge in [-0.05, 0) is 50.1 Å². The fourth-order valence-corrected chi connectivity index (χ4v) is 4.11. The maximum atomic E-state index is 11.4. The van der Waals surface area contributed by atoms with E-state index in [1.54, 1.807) is 12.1 Å². The highest BCUT2D eigenvalue weighted by Crippen LogP contribution is 2.35. The van der Waals surface area contributed by atoms with E-state index in [0.717, 1.165) is 49.7 Å². The first kappa shape index (κ1) is 18.1. The molecule has 0 spiro atoms. The fraction of sp³-hybridized carbons (Fsp3) is 0.125. The summed E-state index contributed by atoms with van der Waals surface area (Å²) in [6.07, 6.45) is 0. The lowest BCUT2D eigenvalue weighted by Crippen LogP contribution is -2.10. The van der Waals surface area contributed by atoms with Gasteiger partial charge in [0.05, 0.1) is 27.2 Å². The van der Waals surface area contributed by atoms with Crippen molar-refractivity contribution in [3.05, 3.63) is 87.6 Å². The van der Waals surface area contributed by atoms with Crippen LogP contribution in [-0.2, 0) is 0 Å². The first-order valence-electron chi connectivity index (χ1n) is 9.76. The van der Waals surface area contributed by atoms with Crippen LogP contribution in [0.15, 0.2) is 60.7 Å². The van der Waals surface area contributed by atoms with Crippen LogP contribution >= 0.6 is 0 Å². The van der Waals surface area contributed by atoms with Crippen molar-refractivity contribution in [2.75, 3.05) is 5.43 Å². The van der Waals surface area contributed by atoms with Crippen molar-refractivity contribution in [1.29, 1.82) is 0 Å². The Hall–Kier alpha value is -3.93. The SMILES string of the molecule is Cc1cc(Nn2c3ccc([N+](=O)[O-])cc3c3ccc(C)c(C)c32)c2ccccc2n1. The van der Waals surface area contributed by atoms with Gasteiger partial charge in [-0.3, -0.25) is 25.2 Å². The number of hydrogen-bond acceptors (Lipinski definition) is 4. The molecule has 0 saturated carbocycles. The van der Waals surface area contributed by atoms with Gasteiger partial charge in [-0.1, -0.05) is 30.3 Å². The fourth-order valence-electron chi connectivity index (χ4n) is 4.11. The minimum absolute atomic E-state index is 0.0879. The summed E-state index contributed by atoms with van der Waals surface area (Å²) in [6, 6.07) is 19.2. The van der Waals surface area contributed by atoms with E-state index in [-0.39, 0.29) is 10.6 Å². The predicted octanol–water partition coefficient (Wildman–Crippen LogP) is 6.05. The third kappa shape index (κ3) is 2.69. The van der Waals surface area contributed by atoms with Crippen LogP contribution in [0.2, 0.25) is 0 Å². The van der Waals surface area contributed by atoms with Crippen LogP contribution in [0.5, 0.6) is 0 Å². The van der Waals surface area contributed by atoms with Crippen molar-refractivity contribution in [1.82, 2.24) is 9.66 Å². The summed E-state index contributed by atoms with van der Waals surface area (Å²) >= 11 is 0. The number of fused-ring (bicyclic) bond motifs is 4. The molecule has 0 atom stereocenters. The van der Waals surface area contributed by atoms with E-state index in [2.05, 4.69) is 30.3 Å². The predicted molar refractivity (Wildman–Crippen MR) is 121 cm³/mol. The second kappa shape index (κ2) is 6.56. The number of nitro groups is 1. The van der Waals surface area contributed by atoms with Gasteiger partial charge in [-0.2, -0.15) is 0 Å². The number of rotatable bonds is 3. The molecule has 5 rings (SSSR count). The van der Waals surface area contributed by atoms with Crippen LogP contribution in [0.1, 0.15) is 16.8 Å². The van der Waals surface area contributed by atoms with Crippen molar-refractivity contribution in [2.45, 2.75) is 20.8 Å². The lowest BCUT2D eigenvalue weighted by molar-refractivity contribution is -0.384. The van der Waals surface area contributed by atoms with Gasteiger partial charge in [-0.25, -0.2) is 0 Å². The summed E-state index contributed by atoms with van der Waals surface area (Å²) in [5.74, 6) is 0. The molecule has 0 radical (unpaired) electrons. The number of benzene rings is 3. The summed E-state index contributed by atoms with van der Waals surface area (Å²) in [4.78, 5) is 15.6. The number of nitro benzene ring substituents is 1. The first-order chi connectivity index (χ1) is 14.4. The van der Waals surface area contributed by atoms with E-state index >= 15 is 0 Å². The van der Waals surface area contributed by atoms with Crippen molar-refractivity contribution in [2.24, 2.45) is 0 Å². The molecule has 1 N–H and O–H groups in total. The maximum Gasteiger partial charge on any atom is 0.270 e. The average Bonchev–Trinajstić information content (AvgIpc) is 3.04. The molecule has 30 heavy (non-hydrogen) atoms. The number of nitrogens with one attached hydrogen (secondary N) is 1. The highest BCUT2D eigenvalue weighted by Gasteiger charge is 2.18. The first-order valence-corrected chi connectivity index (χ1v) is 9.76. The molecule has 0 saturated heterocycles. The quantitative estimate of drug-likeness (QED) is 0.297. The number of para-hydroxylation sites is 1. The van der Waals surface area contributed by atoms with Crippen molar-refractivity contribution < 1.29 is 4.92 Å². The number of aryl methyl sites for hydroxylation is 3. The molecule has 3 aromatic carbocycles. The van der Waals surface area contributed by atoms with Crippen LogP contribution < -0.4 is 5.43 Å². The zero-order chi connectivity index (χ0) is 21.0. The van der Waals surface area contributed by atoms with Crippen molar-refractivity contribution >= 4 is 44.1 Å². The van der Waals surface area contributed by atoms with Crippen LogP contribution in [0.3, 0.4) is 0 Å². The Labute approximate surface area is 172 Å². The summed E-state index contributed by atoms with van der Waals surface area (Å²) in [5, 5.41) is 14.2. The number of non-ortho nitro benzene ring substituents is 1. The number of pyridine rings is 1. The minimum atomic E-state index is -0.350. The molecule has 0 aliphatic carbocycles. The summed E-state index contributed by atoms with van der Waals surface area (Å²) in [5.41, 5.74) is 10.7. The minimum Gasteiger partial charge on any atom is -0.293 e. The number of anilines is 1. The smallest absolute Gasteiger partial charge is 0.270 e. The summed E-state index contributed by atoms with van der Waals surface area (Å²) < 4.78 is 2.04. The van der Waals surface area contributed by atoms with Crippen LogP contribution in [0, 0.1) is 30.9 Å². The molecule has 0 bridgehead atoms. The highest BCUT2D eigenvalue weighted by molar-refractivity contribution is 6.10. The largest absolute Gasteiger partial charge is 0.293 e. The van der Waals surface area contributed by atoms with Gasteiger partial charge in [0, 0.05) is 34.0 Å². The second-order valence-corrected chi connectivity index (χ2v) is 7.64. The molecular formula is C24H20N4O2. The van der Waals surface area contributed by atoms with Gasteiger partial charge in [0.2, 0.25) is 0 Å². The summed E-state index contributed by atoms with van der Waals surface area (Å²) in [7, 11) is 0. The van der Waals surface area contributed by atoms with E-state index in [1.807, 2.05) is 54.1 Å². The van der Waals surface area contributed by atoms with E-state index in [9.17, 15) is 10.1 Å². The Morgan fingerprint density at radius 1 is 0.933 bits per heavy atom. The second-order valence-electron chi connectivity index (χ2n) is 7.64. The van der Waals surface area contributed by atoms with Crippen molar-refractivity contribution in [3.8, 4) is 0 Å². The van der Waals surface area contributed by atoms with Gasteiger partial charge >= 0.3 is 0 Å². The Morgan fingerprint density at radius 3 is 2.53 bits per heavy atom. The lowest BCUT2D eigenvalue weighted by atomic mass is 10.1. The zero-order valence-corrected chi connectivity index (χ0v) is 16.9. The molecule has 0 aliphatic heterocycles. The Morgan fingerprint density at radius 2 is 1.73 bits per heavy atom. The standard InChI is InChI=1S/C24H20N4O2/c1-14-8-10-18-20-13-17(28(29)30)9-11-23(20)27(24(18)16(14)3)26-22-12-15(2)25-21-7-5-4-6-19(21)22/h4-13H,1-3H3,(H,25,26). The highest BCUT2D eigenvalue weighted by atomic mass is 16.6. The number of hydrogen-bond donors (Lipinski definition) is 1. The van der Waals surface area contributed by atoms with Gasteiger partial charge in [0.1, 0.15) is 0 Å². The molecule has 6 heteroatoms. The van der Waals surface area contributed by atoms with Gasteiger partial charge in [0.15, 0.2) is 0 Å². The lowest BCUT2D eigenvalue weighted by Gasteiger charge is -2.15. The monoisotopic (exact) mass is 396 g/mol. The molecule has 0 unspecified atom stereocenters. The molecule has 0 aliphatic rings. The van der Waals surface area contributed by atoms with Crippen LogP contribution in [0.4, 0.5) is 11.4 Å². The Bertz CT molecular complexity index is 1480. The molecule has 0 amide bonds. The molecule has 0 fully saturated rings. The zero-order valence-electron chi connectivity index (χ0n) is 16.9. The number of nitrogens with zero attached hydrogens (tertiary/aromatic N) is 3. The van der Waals surface area contributed by atoms with E-state index in [1.165, 1.54) is 5.56 Å². The van der Waals surface area contributed by atoms with Crippen LogP contribution in [0.25, 0.3) is 32.7 Å². The Balaban J connectivity index is 1.84. The van der Waals surface area contributed by atoms with Gasteiger partial charge < -0.3 is 0 Å². The van der Waals surface area contributed by atoms with E-state index in [0.29, 0.717) is 0 Å². The molecule has 5 aromatic rings. The van der Waals surface area contributed by atoms with Crippen molar-refractivity contribution in [3.63, 3.8) is 0 Å². The van der Waals surface area contributed by atoms with Gasteiger partial charge in [-0.15, -0.1) is 0 Å². The average molecular weight is 396 g/mol. The molecular weight excluding hydrogens is 376 g/mol. The molecule has 148 valence electrons. The number of aromatic nitrogens is 2. The molecule has 6 nitrogen and oxygen atoms in total. The maximum absolute atomic E-state index is 11.4. The van der Waals surface area contributed by atoms with Gasteiger partial charge in [0.25, 0.3) is 5.69 Å². The summed E-state index contributed by atoms with van der Waals surface area (Å²) in [6.45, 7) is 6.13. The molecule has 2 heterocycles.